The highest BCUT2D eigenvalue weighted by molar-refractivity contribution is 5.54. The van der Waals surface area contributed by atoms with Gasteiger partial charge in [0.2, 0.25) is 0 Å². The van der Waals surface area contributed by atoms with Crippen molar-refractivity contribution >= 4 is 5.69 Å². The largest absolute Gasteiger partial charge is 0.345 e. The summed E-state index contributed by atoms with van der Waals surface area (Å²) in [5, 5.41) is 0. The van der Waals surface area contributed by atoms with Gasteiger partial charge in [-0.2, -0.15) is 0 Å². The fourth-order valence-electron chi connectivity index (χ4n) is 3.30. The Labute approximate surface area is 143 Å². The maximum Gasteiger partial charge on any atom is 0.0408 e. The summed E-state index contributed by atoms with van der Waals surface area (Å²) in [6.45, 7) is 16.8. The summed E-state index contributed by atoms with van der Waals surface area (Å²) in [6.07, 6.45) is 3.59. The van der Waals surface area contributed by atoms with Crippen molar-refractivity contribution in [2.45, 2.75) is 53.5 Å². The van der Waals surface area contributed by atoms with E-state index < -0.39 is 0 Å². The summed E-state index contributed by atoms with van der Waals surface area (Å²) < 4.78 is 0. The van der Waals surface area contributed by atoms with Crippen LogP contribution in [0.25, 0.3) is 0 Å². The van der Waals surface area contributed by atoms with Crippen molar-refractivity contribution in [3.63, 3.8) is 0 Å². The van der Waals surface area contributed by atoms with E-state index in [0.717, 1.165) is 32.0 Å². The van der Waals surface area contributed by atoms with Gasteiger partial charge in [-0.1, -0.05) is 46.4 Å². The Balaban J connectivity index is 1.96. The Hall–Kier alpha value is -1.28. The molecular weight excluding hydrogens is 280 g/mol. The monoisotopic (exact) mass is 314 g/mol. The molecule has 1 aliphatic heterocycles. The molecule has 1 saturated heterocycles. The highest BCUT2D eigenvalue weighted by Gasteiger charge is 2.34. The highest BCUT2D eigenvalue weighted by Crippen LogP contribution is 2.41. The van der Waals surface area contributed by atoms with Crippen molar-refractivity contribution < 1.29 is 0 Å². The summed E-state index contributed by atoms with van der Waals surface area (Å²) in [5.41, 5.74) is 4.33. The van der Waals surface area contributed by atoms with E-state index in [9.17, 15) is 0 Å². The number of hydrogen-bond donors (Lipinski definition) is 0. The molecule has 1 aromatic carbocycles. The van der Waals surface area contributed by atoms with E-state index in [1.807, 2.05) is 0 Å². The lowest BCUT2D eigenvalue weighted by Crippen LogP contribution is -2.23. The van der Waals surface area contributed by atoms with Gasteiger partial charge in [0.1, 0.15) is 0 Å². The van der Waals surface area contributed by atoms with E-state index in [1.165, 1.54) is 29.8 Å². The smallest absolute Gasteiger partial charge is 0.0408 e. The van der Waals surface area contributed by atoms with E-state index in [0.29, 0.717) is 5.41 Å². The molecule has 0 radical (unpaired) electrons. The molecule has 0 amide bonds. The summed E-state index contributed by atoms with van der Waals surface area (Å²) in [4.78, 5) is 4.81. The molecule has 0 bridgehead atoms. The fraction of sp³-hybridized carbons (Fsp3) is 0.619. The van der Waals surface area contributed by atoms with Gasteiger partial charge in [-0.05, 0) is 61.9 Å². The molecule has 0 N–H and O–H groups in total. The van der Waals surface area contributed by atoms with Gasteiger partial charge in [0.25, 0.3) is 0 Å². The molecule has 1 fully saturated rings. The topological polar surface area (TPSA) is 6.48 Å². The van der Waals surface area contributed by atoms with Gasteiger partial charge in [-0.25, -0.2) is 0 Å². The molecule has 1 atom stereocenters. The molecule has 23 heavy (non-hydrogen) atoms. The van der Waals surface area contributed by atoms with Crippen molar-refractivity contribution in [3.8, 4) is 0 Å². The van der Waals surface area contributed by atoms with Gasteiger partial charge < -0.3 is 9.80 Å². The maximum atomic E-state index is 4.28. The van der Waals surface area contributed by atoms with Crippen molar-refractivity contribution in [2.24, 2.45) is 11.3 Å². The third kappa shape index (κ3) is 4.84. The van der Waals surface area contributed by atoms with Crippen LogP contribution in [0.1, 0.15) is 52.5 Å². The number of benzene rings is 1. The Kier molecular flexibility index (Phi) is 5.91. The third-order valence-electron chi connectivity index (χ3n) is 5.19. The van der Waals surface area contributed by atoms with E-state index in [-0.39, 0.29) is 0 Å². The Morgan fingerprint density at radius 1 is 1.26 bits per heavy atom. The summed E-state index contributed by atoms with van der Waals surface area (Å²) in [5.74, 6) is 0.772. The molecular formula is C21H34N2. The Bertz CT molecular complexity index is 517. The van der Waals surface area contributed by atoms with E-state index in [4.69, 9.17) is 0 Å². The van der Waals surface area contributed by atoms with Crippen LogP contribution in [0.3, 0.4) is 0 Å². The molecule has 1 heterocycles. The van der Waals surface area contributed by atoms with Crippen LogP contribution in [0, 0.1) is 11.3 Å². The first-order chi connectivity index (χ1) is 10.8. The SMILES string of the molecule is C=C1CC(C)(CC)CN1c1ccc(CN(C)CCC(C)C)cc1. The molecule has 2 nitrogen and oxygen atoms in total. The number of hydrogen-bond acceptors (Lipinski definition) is 2. The quantitative estimate of drug-likeness (QED) is 0.673. The zero-order chi connectivity index (χ0) is 17.0. The molecule has 0 aromatic heterocycles. The molecule has 2 heteroatoms. The van der Waals surface area contributed by atoms with Crippen LogP contribution in [0.5, 0.6) is 0 Å². The average molecular weight is 315 g/mol. The summed E-state index contributed by atoms with van der Waals surface area (Å²) in [6, 6.07) is 9.07. The Morgan fingerprint density at radius 3 is 2.43 bits per heavy atom. The lowest BCUT2D eigenvalue weighted by Gasteiger charge is -2.24. The van der Waals surface area contributed by atoms with Crippen LogP contribution in [0.15, 0.2) is 36.5 Å². The van der Waals surface area contributed by atoms with Gasteiger partial charge in [0.05, 0.1) is 0 Å². The molecule has 1 unspecified atom stereocenters. The van der Waals surface area contributed by atoms with Crippen LogP contribution in [-0.4, -0.2) is 25.0 Å². The number of rotatable bonds is 7. The van der Waals surface area contributed by atoms with Crippen molar-refractivity contribution in [2.75, 3.05) is 25.0 Å². The predicted octanol–water partition coefficient (Wildman–Crippen LogP) is 5.30. The first-order valence-electron chi connectivity index (χ1n) is 9.06. The maximum absolute atomic E-state index is 4.28. The minimum Gasteiger partial charge on any atom is -0.345 e. The predicted molar refractivity (Wildman–Crippen MR) is 102 cm³/mol. The number of allylic oxidation sites excluding steroid dienone is 1. The summed E-state index contributed by atoms with van der Waals surface area (Å²) >= 11 is 0. The van der Waals surface area contributed by atoms with Gasteiger partial charge in [-0.15, -0.1) is 0 Å². The first-order valence-corrected chi connectivity index (χ1v) is 9.06. The molecule has 0 spiro atoms. The second kappa shape index (κ2) is 7.53. The van der Waals surface area contributed by atoms with Crippen LogP contribution >= 0.6 is 0 Å². The molecule has 0 saturated carbocycles. The second-order valence-electron chi connectivity index (χ2n) is 8.08. The summed E-state index contributed by atoms with van der Waals surface area (Å²) in [7, 11) is 2.21. The fourth-order valence-corrected chi connectivity index (χ4v) is 3.30. The first kappa shape index (κ1) is 18.1. The Morgan fingerprint density at radius 2 is 1.91 bits per heavy atom. The molecule has 0 aliphatic carbocycles. The van der Waals surface area contributed by atoms with Gasteiger partial charge >= 0.3 is 0 Å². The lowest BCUT2D eigenvalue weighted by atomic mass is 9.86. The zero-order valence-corrected chi connectivity index (χ0v) is 15.7. The number of nitrogens with zero attached hydrogens (tertiary/aromatic N) is 2. The van der Waals surface area contributed by atoms with Gasteiger partial charge in [0.15, 0.2) is 0 Å². The van der Waals surface area contributed by atoms with Crippen molar-refractivity contribution in [1.82, 2.24) is 4.90 Å². The van der Waals surface area contributed by atoms with Crippen LogP contribution in [0.2, 0.25) is 0 Å². The van der Waals surface area contributed by atoms with Crippen LogP contribution in [0.4, 0.5) is 5.69 Å². The van der Waals surface area contributed by atoms with Crippen LogP contribution < -0.4 is 4.90 Å². The highest BCUT2D eigenvalue weighted by atomic mass is 15.2. The molecule has 128 valence electrons. The third-order valence-corrected chi connectivity index (χ3v) is 5.19. The molecule has 1 aromatic rings. The van der Waals surface area contributed by atoms with Gasteiger partial charge in [-0.3, -0.25) is 0 Å². The van der Waals surface area contributed by atoms with E-state index >= 15 is 0 Å². The van der Waals surface area contributed by atoms with E-state index in [2.05, 4.69) is 75.4 Å². The van der Waals surface area contributed by atoms with Crippen molar-refractivity contribution in [1.29, 1.82) is 0 Å². The van der Waals surface area contributed by atoms with Gasteiger partial charge in [0, 0.05) is 24.5 Å². The minimum absolute atomic E-state index is 0.382. The minimum atomic E-state index is 0.382. The molecule has 1 aliphatic rings. The standard InChI is InChI=1S/C21H34N2/c1-7-21(5)14-18(4)23(16-21)20-10-8-19(9-11-20)15-22(6)13-12-17(2)3/h8-11,17H,4,7,12-16H2,1-3,5-6H3. The normalized spacial score (nSPS) is 21.7. The van der Waals surface area contributed by atoms with E-state index in [1.54, 1.807) is 0 Å². The van der Waals surface area contributed by atoms with Crippen LogP contribution in [-0.2, 0) is 6.54 Å². The van der Waals surface area contributed by atoms with Crippen molar-refractivity contribution in [3.05, 3.63) is 42.1 Å². The lowest BCUT2D eigenvalue weighted by molar-refractivity contribution is 0.303. The zero-order valence-electron chi connectivity index (χ0n) is 15.7. The number of anilines is 1. The second-order valence-corrected chi connectivity index (χ2v) is 8.08. The average Bonchev–Trinajstić information content (AvgIpc) is 2.82. The molecule has 2 rings (SSSR count).